The van der Waals surface area contributed by atoms with Gasteiger partial charge in [0, 0.05) is 25.1 Å². The van der Waals surface area contributed by atoms with Gasteiger partial charge in [-0.3, -0.25) is 9.59 Å². The summed E-state index contributed by atoms with van der Waals surface area (Å²) in [5, 5.41) is 19.2. The molecule has 31 heavy (non-hydrogen) atoms. The van der Waals surface area contributed by atoms with Crippen LogP contribution in [-0.2, 0) is 16.0 Å². The Morgan fingerprint density at radius 2 is 2.00 bits per heavy atom. The number of carboxylic acids is 1. The fourth-order valence-corrected chi connectivity index (χ4v) is 4.76. The van der Waals surface area contributed by atoms with Crippen LogP contribution in [0, 0.1) is 5.92 Å². The van der Waals surface area contributed by atoms with Gasteiger partial charge in [0.2, 0.25) is 5.91 Å². The molecule has 172 valence electrons. The predicted octanol–water partition coefficient (Wildman–Crippen LogP) is 4.54. The Morgan fingerprint density at radius 1 is 1.23 bits per heavy atom. The third-order valence-electron chi connectivity index (χ3n) is 5.86. The molecule has 1 aliphatic heterocycles. The summed E-state index contributed by atoms with van der Waals surface area (Å²) >= 11 is 1.69. The SMILES string of the molecule is C[C@@H](CCCCc1ccccc1)[C@H](O)C=C[C@H]1CCC(=O)N1CCSCCCC(=O)O. The van der Waals surface area contributed by atoms with Gasteiger partial charge in [-0.25, -0.2) is 0 Å². The van der Waals surface area contributed by atoms with Gasteiger partial charge in [0.15, 0.2) is 0 Å². The van der Waals surface area contributed by atoms with Crippen molar-refractivity contribution in [1.29, 1.82) is 0 Å². The van der Waals surface area contributed by atoms with Crippen LogP contribution in [0.5, 0.6) is 0 Å². The minimum atomic E-state index is -0.760. The van der Waals surface area contributed by atoms with Crippen LogP contribution in [0.15, 0.2) is 42.5 Å². The number of nitrogens with zero attached hydrogens (tertiary/aromatic N) is 1. The van der Waals surface area contributed by atoms with E-state index in [0.29, 0.717) is 19.4 Å². The molecule has 1 heterocycles. The molecule has 1 aromatic rings. The number of thioether (sulfide) groups is 1. The van der Waals surface area contributed by atoms with Crippen molar-refractivity contribution in [1.82, 2.24) is 4.90 Å². The Bertz CT molecular complexity index is 694. The lowest BCUT2D eigenvalue weighted by atomic mass is 9.95. The van der Waals surface area contributed by atoms with Crippen molar-refractivity contribution < 1.29 is 19.8 Å². The van der Waals surface area contributed by atoms with E-state index >= 15 is 0 Å². The number of hydrogen-bond donors (Lipinski definition) is 2. The molecule has 1 fully saturated rings. The number of likely N-dealkylation sites (tertiary alicyclic amines) is 1. The largest absolute Gasteiger partial charge is 0.481 e. The number of amides is 1. The Morgan fingerprint density at radius 3 is 2.74 bits per heavy atom. The molecule has 1 aromatic carbocycles. The van der Waals surface area contributed by atoms with Gasteiger partial charge < -0.3 is 15.1 Å². The quantitative estimate of drug-likeness (QED) is 0.305. The normalized spacial score (nSPS) is 18.6. The maximum Gasteiger partial charge on any atom is 0.303 e. The molecule has 0 spiro atoms. The van der Waals surface area contributed by atoms with E-state index in [2.05, 4.69) is 31.2 Å². The second-order valence-corrected chi connectivity index (χ2v) is 9.61. The molecule has 0 unspecified atom stereocenters. The fraction of sp³-hybridized carbons (Fsp3) is 0.600. The molecule has 6 heteroatoms. The number of carbonyl (C=O) groups is 2. The smallest absolute Gasteiger partial charge is 0.303 e. The second-order valence-electron chi connectivity index (χ2n) is 8.39. The molecule has 3 atom stereocenters. The summed E-state index contributed by atoms with van der Waals surface area (Å²) in [7, 11) is 0. The molecule has 1 aliphatic rings. The second kappa shape index (κ2) is 14.3. The zero-order valence-corrected chi connectivity index (χ0v) is 19.4. The highest BCUT2D eigenvalue weighted by molar-refractivity contribution is 7.99. The minimum Gasteiger partial charge on any atom is -0.481 e. The van der Waals surface area contributed by atoms with Crippen LogP contribution < -0.4 is 0 Å². The van der Waals surface area contributed by atoms with Crippen LogP contribution in [0.2, 0.25) is 0 Å². The number of benzene rings is 1. The van der Waals surface area contributed by atoms with Crippen molar-refractivity contribution in [2.24, 2.45) is 5.92 Å². The van der Waals surface area contributed by atoms with Crippen molar-refractivity contribution >= 4 is 23.6 Å². The first-order chi connectivity index (χ1) is 15.0. The molecule has 0 saturated carbocycles. The van der Waals surface area contributed by atoms with Gasteiger partial charge in [-0.1, -0.05) is 55.8 Å². The summed E-state index contributed by atoms with van der Waals surface area (Å²) in [6.45, 7) is 2.76. The fourth-order valence-electron chi connectivity index (χ4n) is 3.88. The third kappa shape index (κ3) is 9.92. The lowest BCUT2D eigenvalue weighted by Gasteiger charge is -2.23. The molecule has 1 saturated heterocycles. The van der Waals surface area contributed by atoms with E-state index in [-0.39, 0.29) is 24.3 Å². The Kier molecular flexibility index (Phi) is 11.8. The van der Waals surface area contributed by atoms with Gasteiger partial charge in [0.25, 0.3) is 0 Å². The lowest BCUT2D eigenvalue weighted by Crippen LogP contribution is -2.34. The molecular formula is C25H37NO4S. The number of rotatable bonds is 15. The van der Waals surface area contributed by atoms with Crippen molar-refractivity contribution in [2.75, 3.05) is 18.1 Å². The molecule has 2 N–H and O–H groups in total. The van der Waals surface area contributed by atoms with E-state index in [4.69, 9.17) is 5.11 Å². The molecule has 0 bridgehead atoms. The van der Waals surface area contributed by atoms with E-state index in [1.165, 1.54) is 5.56 Å². The number of hydrogen-bond acceptors (Lipinski definition) is 4. The highest BCUT2D eigenvalue weighted by Gasteiger charge is 2.28. The number of aryl methyl sites for hydroxylation is 1. The maximum atomic E-state index is 12.2. The van der Waals surface area contributed by atoms with E-state index < -0.39 is 12.1 Å². The number of carboxylic acid groups (broad SMARTS) is 1. The standard InChI is InChI=1S/C25H37NO4S/c1-20(8-5-6-11-21-9-3-2-4-10-21)23(27)15-13-22-14-16-24(28)26(22)17-19-31-18-7-12-25(29)30/h2-4,9-10,13,15,20,22-23,27H,5-8,11-12,14,16-19H2,1H3,(H,29,30)/t20-,22-,23+/m0/s1. The number of carbonyl (C=O) groups excluding carboxylic acids is 1. The van der Waals surface area contributed by atoms with Gasteiger partial charge in [0.05, 0.1) is 12.1 Å². The van der Waals surface area contributed by atoms with Crippen LogP contribution >= 0.6 is 11.8 Å². The molecule has 0 radical (unpaired) electrons. The number of aliphatic carboxylic acids is 1. The lowest BCUT2D eigenvalue weighted by molar-refractivity contribution is -0.137. The molecule has 5 nitrogen and oxygen atoms in total. The highest BCUT2D eigenvalue weighted by Crippen LogP contribution is 2.22. The highest BCUT2D eigenvalue weighted by atomic mass is 32.2. The molecule has 0 aromatic heterocycles. The van der Waals surface area contributed by atoms with Gasteiger partial charge in [-0.05, 0) is 49.3 Å². The number of aliphatic hydroxyl groups is 1. The summed E-state index contributed by atoms with van der Waals surface area (Å²) in [4.78, 5) is 24.7. The van der Waals surface area contributed by atoms with Crippen LogP contribution in [0.4, 0.5) is 0 Å². The first-order valence-electron chi connectivity index (χ1n) is 11.5. The van der Waals surface area contributed by atoms with E-state index in [0.717, 1.165) is 43.6 Å². The molecule has 0 aliphatic carbocycles. The van der Waals surface area contributed by atoms with Crippen LogP contribution in [-0.4, -0.2) is 57.2 Å². The van der Waals surface area contributed by atoms with Gasteiger partial charge in [-0.15, -0.1) is 0 Å². The summed E-state index contributed by atoms with van der Waals surface area (Å²) in [5.74, 6) is 1.22. The maximum absolute atomic E-state index is 12.2. The van der Waals surface area contributed by atoms with Gasteiger partial charge in [-0.2, -0.15) is 11.8 Å². The molecule has 2 rings (SSSR count). The zero-order chi connectivity index (χ0) is 22.5. The monoisotopic (exact) mass is 447 g/mol. The van der Waals surface area contributed by atoms with Crippen LogP contribution in [0.3, 0.4) is 0 Å². The summed E-state index contributed by atoms with van der Waals surface area (Å²) < 4.78 is 0. The minimum absolute atomic E-state index is 0.0621. The first kappa shape index (κ1) is 25.5. The number of aliphatic hydroxyl groups excluding tert-OH is 1. The van der Waals surface area contributed by atoms with Crippen molar-refractivity contribution in [2.45, 2.75) is 70.4 Å². The zero-order valence-electron chi connectivity index (χ0n) is 18.6. The average molecular weight is 448 g/mol. The van der Waals surface area contributed by atoms with E-state index in [9.17, 15) is 14.7 Å². The Hall–Kier alpha value is -1.79. The topological polar surface area (TPSA) is 77.8 Å². The first-order valence-corrected chi connectivity index (χ1v) is 12.6. The van der Waals surface area contributed by atoms with Crippen LogP contribution in [0.1, 0.15) is 57.4 Å². The van der Waals surface area contributed by atoms with E-state index in [1.807, 2.05) is 23.1 Å². The third-order valence-corrected chi connectivity index (χ3v) is 6.91. The summed E-state index contributed by atoms with van der Waals surface area (Å²) in [5.41, 5.74) is 1.36. The van der Waals surface area contributed by atoms with Crippen molar-refractivity contribution in [3.05, 3.63) is 48.0 Å². The summed E-state index contributed by atoms with van der Waals surface area (Å²) in [6.07, 6.45) is 9.89. The molecule has 1 amide bonds. The van der Waals surface area contributed by atoms with Crippen molar-refractivity contribution in [3.63, 3.8) is 0 Å². The molecular weight excluding hydrogens is 410 g/mol. The average Bonchev–Trinajstić information content (AvgIpc) is 3.11. The van der Waals surface area contributed by atoms with Gasteiger partial charge in [0.1, 0.15) is 0 Å². The van der Waals surface area contributed by atoms with E-state index in [1.54, 1.807) is 11.8 Å². The predicted molar refractivity (Wildman–Crippen MR) is 127 cm³/mol. The van der Waals surface area contributed by atoms with Gasteiger partial charge >= 0.3 is 5.97 Å². The summed E-state index contributed by atoms with van der Waals surface area (Å²) in [6, 6.07) is 10.6. The Balaban J connectivity index is 1.66. The number of unbranched alkanes of at least 4 members (excludes halogenated alkanes) is 1. The van der Waals surface area contributed by atoms with Crippen molar-refractivity contribution in [3.8, 4) is 0 Å². The van der Waals surface area contributed by atoms with Crippen LogP contribution in [0.25, 0.3) is 0 Å². The Labute approximate surface area is 190 Å².